The van der Waals surface area contributed by atoms with E-state index in [-0.39, 0.29) is 11.8 Å². The largest absolute Gasteiger partial charge is 0.492 e. The quantitative estimate of drug-likeness (QED) is 0.721. The molecule has 0 aliphatic heterocycles. The molecule has 0 spiro atoms. The van der Waals surface area contributed by atoms with Gasteiger partial charge in [-0.25, -0.2) is 9.18 Å². The summed E-state index contributed by atoms with van der Waals surface area (Å²) in [7, 11) is 1.67. The van der Waals surface area contributed by atoms with Crippen LogP contribution in [-0.2, 0) is 0 Å². The molecule has 8 nitrogen and oxygen atoms in total. The molecule has 1 aromatic heterocycles. The summed E-state index contributed by atoms with van der Waals surface area (Å²) in [6.07, 6.45) is 0. The Morgan fingerprint density at radius 3 is 2.74 bits per heavy atom. The Hall–Kier alpha value is -3.49. The smallest absolute Gasteiger partial charge is 0.321 e. The van der Waals surface area contributed by atoms with E-state index >= 15 is 0 Å². The number of urea groups is 1. The lowest BCUT2D eigenvalue weighted by Crippen LogP contribution is -2.34. The van der Waals surface area contributed by atoms with Crippen molar-refractivity contribution in [2.75, 3.05) is 25.5 Å². The van der Waals surface area contributed by atoms with Crippen molar-refractivity contribution in [1.82, 2.24) is 25.1 Å². The summed E-state index contributed by atoms with van der Waals surface area (Å²) in [5.74, 6) is 0.876. The van der Waals surface area contributed by atoms with Gasteiger partial charge in [-0.2, -0.15) is 4.68 Å². The highest BCUT2D eigenvalue weighted by atomic mass is 19.1. The lowest BCUT2D eigenvalue weighted by atomic mass is 10.3. The van der Waals surface area contributed by atoms with Gasteiger partial charge in [0.1, 0.15) is 18.2 Å². The van der Waals surface area contributed by atoms with Crippen molar-refractivity contribution in [2.45, 2.75) is 6.92 Å². The summed E-state index contributed by atoms with van der Waals surface area (Å²) in [5.41, 5.74) is 1.37. The van der Waals surface area contributed by atoms with Gasteiger partial charge in [-0.15, -0.1) is 5.10 Å². The van der Waals surface area contributed by atoms with Crippen LogP contribution in [0.2, 0.25) is 0 Å². The van der Waals surface area contributed by atoms with Crippen LogP contribution in [0.15, 0.2) is 48.5 Å². The average Bonchev–Trinajstić information content (AvgIpc) is 3.09. The third-order valence-electron chi connectivity index (χ3n) is 3.82. The molecule has 0 radical (unpaired) electrons. The van der Waals surface area contributed by atoms with Crippen LogP contribution in [0.3, 0.4) is 0 Å². The zero-order chi connectivity index (χ0) is 19.2. The normalized spacial score (nSPS) is 10.5. The highest BCUT2D eigenvalue weighted by Crippen LogP contribution is 2.15. The zero-order valence-electron chi connectivity index (χ0n) is 15.0. The first-order valence-electron chi connectivity index (χ1n) is 8.29. The number of amides is 2. The van der Waals surface area contributed by atoms with Crippen LogP contribution in [0.1, 0.15) is 5.82 Å². The molecule has 0 fully saturated rings. The maximum Gasteiger partial charge on any atom is 0.321 e. The Morgan fingerprint density at radius 2 is 2.04 bits per heavy atom. The third-order valence-corrected chi connectivity index (χ3v) is 3.82. The number of aryl methyl sites for hydroxylation is 1. The number of rotatable bonds is 6. The van der Waals surface area contributed by atoms with Gasteiger partial charge in [-0.3, -0.25) is 0 Å². The Bertz CT molecular complexity index is 912. The van der Waals surface area contributed by atoms with E-state index < -0.39 is 0 Å². The number of likely N-dealkylation sites (N-methyl/N-ethyl adjacent to an activating group) is 1. The van der Waals surface area contributed by atoms with Gasteiger partial charge in [0, 0.05) is 12.7 Å². The molecule has 0 saturated heterocycles. The Morgan fingerprint density at radius 1 is 1.26 bits per heavy atom. The first-order valence-corrected chi connectivity index (χ1v) is 8.29. The van der Waals surface area contributed by atoms with Crippen molar-refractivity contribution < 1.29 is 13.9 Å². The number of hydrogen-bond donors (Lipinski definition) is 1. The Balaban J connectivity index is 1.53. The molecule has 0 unspecified atom stereocenters. The minimum atomic E-state index is -0.321. The van der Waals surface area contributed by atoms with Gasteiger partial charge in [0.25, 0.3) is 0 Å². The van der Waals surface area contributed by atoms with E-state index in [1.165, 1.54) is 17.0 Å². The molecule has 2 aromatic carbocycles. The first-order chi connectivity index (χ1) is 13.0. The highest BCUT2D eigenvalue weighted by molar-refractivity contribution is 5.89. The lowest BCUT2D eigenvalue weighted by Gasteiger charge is -2.18. The van der Waals surface area contributed by atoms with Gasteiger partial charge in [-0.05, 0) is 59.8 Å². The second kappa shape index (κ2) is 8.26. The maximum absolute atomic E-state index is 12.9. The van der Waals surface area contributed by atoms with Crippen LogP contribution < -0.4 is 10.1 Å². The second-order valence-electron chi connectivity index (χ2n) is 5.84. The van der Waals surface area contributed by atoms with Gasteiger partial charge in [0.05, 0.1) is 12.2 Å². The van der Waals surface area contributed by atoms with Gasteiger partial charge in [0.2, 0.25) is 0 Å². The standard InChI is InChI=1S/C18H19FN6O2/c1-13-21-22-23-25(13)16-5-3-4-15(12-16)20-18(26)24(2)10-11-27-17-8-6-14(19)7-9-17/h3-9,12H,10-11H2,1-2H3,(H,20,26). The summed E-state index contributed by atoms with van der Waals surface area (Å²) in [4.78, 5) is 13.8. The van der Waals surface area contributed by atoms with E-state index in [0.717, 1.165) is 5.69 Å². The van der Waals surface area contributed by atoms with Crippen LogP contribution in [-0.4, -0.2) is 51.3 Å². The minimum absolute atomic E-state index is 0.275. The molecule has 0 atom stereocenters. The summed E-state index contributed by atoms with van der Waals surface area (Å²) < 4.78 is 19.9. The minimum Gasteiger partial charge on any atom is -0.492 e. The fourth-order valence-electron chi connectivity index (χ4n) is 2.34. The number of nitrogens with one attached hydrogen (secondary N) is 1. The average molecular weight is 370 g/mol. The molecule has 9 heteroatoms. The molecule has 2 amide bonds. The molecule has 1 N–H and O–H groups in total. The second-order valence-corrected chi connectivity index (χ2v) is 5.84. The number of carbonyl (C=O) groups excluding carboxylic acids is 1. The molecule has 3 rings (SSSR count). The molecule has 140 valence electrons. The van der Waals surface area contributed by atoms with E-state index in [1.807, 2.05) is 12.1 Å². The fourth-order valence-corrected chi connectivity index (χ4v) is 2.34. The molecular weight excluding hydrogens is 351 g/mol. The lowest BCUT2D eigenvalue weighted by molar-refractivity contribution is 0.207. The number of aromatic nitrogens is 4. The molecule has 0 bridgehead atoms. The fraction of sp³-hybridized carbons (Fsp3) is 0.222. The maximum atomic E-state index is 12.9. The number of tetrazole rings is 1. The van der Waals surface area contributed by atoms with Crippen LogP contribution in [0.4, 0.5) is 14.9 Å². The van der Waals surface area contributed by atoms with Crippen molar-refractivity contribution in [1.29, 1.82) is 0 Å². The summed E-state index contributed by atoms with van der Waals surface area (Å²) in [6.45, 7) is 2.45. The van der Waals surface area contributed by atoms with E-state index in [4.69, 9.17) is 4.74 Å². The van der Waals surface area contributed by atoms with E-state index in [0.29, 0.717) is 30.4 Å². The van der Waals surface area contributed by atoms with Crippen LogP contribution >= 0.6 is 0 Å². The highest BCUT2D eigenvalue weighted by Gasteiger charge is 2.10. The topological polar surface area (TPSA) is 85.2 Å². The Labute approximate surface area is 155 Å². The van der Waals surface area contributed by atoms with Gasteiger partial charge in [0.15, 0.2) is 5.82 Å². The molecule has 0 aliphatic carbocycles. The predicted octanol–water partition coefficient (Wildman–Crippen LogP) is 2.65. The van der Waals surface area contributed by atoms with Crippen LogP contribution in [0.25, 0.3) is 5.69 Å². The van der Waals surface area contributed by atoms with Crippen molar-refractivity contribution in [3.8, 4) is 11.4 Å². The number of halogens is 1. The number of nitrogens with zero attached hydrogens (tertiary/aromatic N) is 5. The van der Waals surface area contributed by atoms with Gasteiger partial charge < -0.3 is 15.0 Å². The molecule has 27 heavy (non-hydrogen) atoms. The van der Waals surface area contributed by atoms with Crippen molar-refractivity contribution in [3.63, 3.8) is 0 Å². The molecule has 0 saturated carbocycles. The van der Waals surface area contributed by atoms with Crippen LogP contribution in [0, 0.1) is 12.7 Å². The van der Waals surface area contributed by atoms with Crippen molar-refractivity contribution in [2.24, 2.45) is 0 Å². The molecular formula is C18H19FN6O2. The summed E-state index contributed by atoms with van der Waals surface area (Å²) >= 11 is 0. The zero-order valence-corrected chi connectivity index (χ0v) is 15.0. The van der Waals surface area contributed by atoms with E-state index in [9.17, 15) is 9.18 Å². The van der Waals surface area contributed by atoms with Crippen molar-refractivity contribution >= 4 is 11.7 Å². The number of carbonyl (C=O) groups is 1. The molecule has 3 aromatic rings. The molecule has 0 aliphatic rings. The number of anilines is 1. The monoisotopic (exact) mass is 370 g/mol. The Kier molecular flexibility index (Phi) is 5.60. The summed E-state index contributed by atoms with van der Waals surface area (Å²) in [6, 6.07) is 12.7. The third kappa shape index (κ3) is 4.78. The number of ether oxygens (including phenoxy) is 1. The SMILES string of the molecule is Cc1nnnn1-c1cccc(NC(=O)N(C)CCOc2ccc(F)cc2)c1. The van der Waals surface area contributed by atoms with Gasteiger partial charge in [-0.1, -0.05) is 6.07 Å². The van der Waals surface area contributed by atoms with Crippen molar-refractivity contribution in [3.05, 3.63) is 60.2 Å². The van der Waals surface area contributed by atoms with Gasteiger partial charge >= 0.3 is 6.03 Å². The predicted molar refractivity (Wildman–Crippen MR) is 97.4 cm³/mol. The number of hydrogen-bond acceptors (Lipinski definition) is 5. The first kappa shape index (κ1) is 18.3. The van der Waals surface area contributed by atoms with E-state index in [2.05, 4.69) is 20.8 Å². The van der Waals surface area contributed by atoms with Crippen LogP contribution in [0.5, 0.6) is 5.75 Å². The number of benzene rings is 2. The molecule has 1 heterocycles. The van der Waals surface area contributed by atoms with E-state index in [1.54, 1.807) is 42.9 Å². The summed E-state index contributed by atoms with van der Waals surface area (Å²) in [5, 5.41) is 14.2.